The molecule has 2 aromatic heterocycles. The summed E-state index contributed by atoms with van der Waals surface area (Å²) < 4.78 is 5.77. The fraction of sp³-hybridized carbons (Fsp3) is 0.200. The average molecular weight is 251 g/mol. The Labute approximate surface area is 110 Å². The first-order valence-electron chi connectivity index (χ1n) is 6.41. The zero-order chi connectivity index (χ0) is 12.8. The van der Waals surface area contributed by atoms with Crippen molar-refractivity contribution >= 4 is 16.9 Å². The van der Waals surface area contributed by atoms with E-state index in [1.807, 2.05) is 25.1 Å². The normalized spacial score (nSPS) is 13.5. The molecule has 0 fully saturated rings. The van der Waals surface area contributed by atoms with E-state index in [2.05, 4.69) is 27.4 Å². The van der Waals surface area contributed by atoms with Gasteiger partial charge in [-0.05, 0) is 49.2 Å². The molecule has 4 nitrogen and oxygen atoms in total. The van der Waals surface area contributed by atoms with E-state index in [-0.39, 0.29) is 0 Å². The molecule has 0 saturated carbocycles. The van der Waals surface area contributed by atoms with Crippen molar-refractivity contribution in [3.05, 3.63) is 41.6 Å². The average Bonchev–Trinajstić information content (AvgIpc) is 3.02. The van der Waals surface area contributed by atoms with Gasteiger partial charge in [0.2, 0.25) is 5.89 Å². The summed E-state index contributed by atoms with van der Waals surface area (Å²) in [5.41, 5.74) is 5.91. The van der Waals surface area contributed by atoms with Crippen LogP contribution in [-0.2, 0) is 6.42 Å². The van der Waals surface area contributed by atoms with Gasteiger partial charge in [0, 0.05) is 23.5 Å². The third-order valence-electron chi connectivity index (χ3n) is 3.45. The highest BCUT2D eigenvalue weighted by atomic mass is 16.3. The van der Waals surface area contributed by atoms with E-state index >= 15 is 0 Å². The maximum atomic E-state index is 5.77. The molecule has 0 unspecified atom stereocenters. The van der Waals surface area contributed by atoms with Gasteiger partial charge >= 0.3 is 0 Å². The fourth-order valence-electron chi connectivity index (χ4n) is 2.47. The maximum absolute atomic E-state index is 5.77. The molecule has 3 heterocycles. The Kier molecular flexibility index (Phi) is 2.12. The summed E-state index contributed by atoms with van der Waals surface area (Å²) in [5.74, 6) is 0.641. The molecule has 3 aromatic rings. The van der Waals surface area contributed by atoms with Crippen molar-refractivity contribution < 1.29 is 4.42 Å². The van der Waals surface area contributed by atoms with Crippen molar-refractivity contribution in [3.8, 4) is 11.5 Å². The number of rotatable bonds is 1. The minimum absolute atomic E-state index is 0.641. The van der Waals surface area contributed by atoms with Gasteiger partial charge in [0.05, 0.1) is 0 Å². The quantitative estimate of drug-likeness (QED) is 0.721. The van der Waals surface area contributed by atoms with Gasteiger partial charge in [-0.2, -0.15) is 4.98 Å². The maximum Gasteiger partial charge on any atom is 0.228 e. The van der Waals surface area contributed by atoms with Gasteiger partial charge in [0.15, 0.2) is 11.2 Å². The molecule has 94 valence electrons. The lowest BCUT2D eigenvalue weighted by Gasteiger charge is -2.00. The Morgan fingerprint density at radius 2 is 2.11 bits per heavy atom. The van der Waals surface area contributed by atoms with Crippen LogP contribution in [0.4, 0.5) is 5.69 Å². The Morgan fingerprint density at radius 1 is 1.16 bits per heavy atom. The first-order valence-corrected chi connectivity index (χ1v) is 6.41. The second kappa shape index (κ2) is 3.82. The number of fused-ring (bicyclic) bond motifs is 2. The lowest BCUT2D eigenvalue weighted by Crippen LogP contribution is -1.90. The molecule has 0 spiro atoms. The highest BCUT2D eigenvalue weighted by molar-refractivity contribution is 5.73. The Bertz CT molecular complexity index is 776. The van der Waals surface area contributed by atoms with Crippen LogP contribution in [-0.4, -0.2) is 16.5 Å². The molecule has 0 amide bonds. The summed E-state index contributed by atoms with van der Waals surface area (Å²) in [6.45, 7) is 2.96. The van der Waals surface area contributed by atoms with Crippen molar-refractivity contribution in [1.82, 2.24) is 9.97 Å². The number of nitrogens with one attached hydrogen (secondary N) is 1. The summed E-state index contributed by atoms with van der Waals surface area (Å²) in [6, 6.07) is 10.1. The van der Waals surface area contributed by atoms with E-state index in [0.29, 0.717) is 11.5 Å². The van der Waals surface area contributed by atoms with Crippen molar-refractivity contribution in [2.24, 2.45) is 0 Å². The third-order valence-corrected chi connectivity index (χ3v) is 3.45. The molecular weight excluding hydrogens is 238 g/mol. The molecular formula is C15H13N3O. The first-order chi connectivity index (χ1) is 9.29. The van der Waals surface area contributed by atoms with Crippen LogP contribution in [0.2, 0.25) is 0 Å². The summed E-state index contributed by atoms with van der Waals surface area (Å²) in [4.78, 5) is 8.85. The molecule has 1 aliphatic heterocycles. The highest BCUT2D eigenvalue weighted by Crippen LogP contribution is 2.29. The minimum Gasteiger partial charge on any atom is -0.434 e. The van der Waals surface area contributed by atoms with E-state index < -0.39 is 0 Å². The van der Waals surface area contributed by atoms with Crippen LogP contribution < -0.4 is 5.32 Å². The predicted octanol–water partition coefficient (Wildman–Crippen LogP) is 3.17. The van der Waals surface area contributed by atoms with Gasteiger partial charge in [-0.25, -0.2) is 4.98 Å². The fourth-order valence-corrected chi connectivity index (χ4v) is 2.47. The summed E-state index contributed by atoms with van der Waals surface area (Å²) >= 11 is 0. The SMILES string of the molecule is Cc1ccc2oc(-c3ccc4c(c3)CCN4)nc2n1. The van der Waals surface area contributed by atoms with Crippen LogP contribution in [0.15, 0.2) is 34.7 Å². The molecule has 19 heavy (non-hydrogen) atoms. The molecule has 0 atom stereocenters. The number of anilines is 1. The van der Waals surface area contributed by atoms with Crippen LogP contribution in [0.3, 0.4) is 0 Å². The highest BCUT2D eigenvalue weighted by Gasteiger charge is 2.14. The van der Waals surface area contributed by atoms with Crippen molar-refractivity contribution in [3.63, 3.8) is 0 Å². The molecule has 0 aliphatic carbocycles. The van der Waals surface area contributed by atoms with Gasteiger partial charge in [-0.15, -0.1) is 0 Å². The van der Waals surface area contributed by atoms with E-state index in [9.17, 15) is 0 Å². The predicted molar refractivity (Wildman–Crippen MR) is 74.2 cm³/mol. The van der Waals surface area contributed by atoms with Gasteiger partial charge in [-0.3, -0.25) is 0 Å². The Balaban J connectivity index is 1.85. The Hall–Kier alpha value is -2.36. The number of benzene rings is 1. The molecule has 1 aliphatic rings. The Morgan fingerprint density at radius 3 is 3.05 bits per heavy atom. The van der Waals surface area contributed by atoms with Crippen LogP contribution in [0.1, 0.15) is 11.3 Å². The molecule has 4 rings (SSSR count). The molecule has 1 N–H and O–H groups in total. The molecule has 0 radical (unpaired) electrons. The second-order valence-corrected chi connectivity index (χ2v) is 4.84. The van der Waals surface area contributed by atoms with E-state index in [1.165, 1.54) is 11.3 Å². The zero-order valence-corrected chi connectivity index (χ0v) is 10.6. The molecule has 4 heteroatoms. The van der Waals surface area contributed by atoms with Gasteiger partial charge in [0.25, 0.3) is 0 Å². The summed E-state index contributed by atoms with van der Waals surface area (Å²) in [5, 5.41) is 3.35. The number of hydrogen-bond acceptors (Lipinski definition) is 4. The molecule has 0 saturated heterocycles. The number of nitrogens with zero attached hydrogens (tertiary/aromatic N) is 2. The minimum atomic E-state index is 0.641. The summed E-state index contributed by atoms with van der Waals surface area (Å²) in [7, 11) is 0. The van der Waals surface area contributed by atoms with Crippen molar-refractivity contribution in [2.75, 3.05) is 11.9 Å². The van der Waals surface area contributed by atoms with Crippen LogP contribution in [0.25, 0.3) is 22.7 Å². The second-order valence-electron chi connectivity index (χ2n) is 4.84. The first kappa shape index (κ1) is 10.6. The number of pyridine rings is 1. The van der Waals surface area contributed by atoms with E-state index in [4.69, 9.17) is 4.42 Å². The standard InChI is InChI=1S/C15H13N3O/c1-9-2-5-13-14(17-9)18-15(19-13)11-3-4-12-10(8-11)6-7-16-12/h2-5,8,16H,6-7H2,1H3. The number of aryl methyl sites for hydroxylation is 1. The lowest BCUT2D eigenvalue weighted by molar-refractivity contribution is 0.619. The van der Waals surface area contributed by atoms with Crippen LogP contribution in [0.5, 0.6) is 0 Å². The topological polar surface area (TPSA) is 51.0 Å². The van der Waals surface area contributed by atoms with Crippen LogP contribution >= 0.6 is 0 Å². The van der Waals surface area contributed by atoms with Gasteiger partial charge in [-0.1, -0.05) is 0 Å². The summed E-state index contributed by atoms with van der Waals surface area (Å²) in [6.07, 6.45) is 1.06. The van der Waals surface area contributed by atoms with Gasteiger partial charge in [0.1, 0.15) is 0 Å². The smallest absolute Gasteiger partial charge is 0.228 e. The lowest BCUT2D eigenvalue weighted by atomic mass is 10.1. The van der Waals surface area contributed by atoms with Crippen molar-refractivity contribution in [2.45, 2.75) is 13.3 Å². The largest absolute Gasteiger partial charge is 0.434 e. The monoisotopic (exact) mass is 251 g/mol. The van der Waals surface area contributed by atoms with Crippen LogP contribution in [0, 0.1) is 6.92 Å². The molecule has 1 aromatic carbocycles. The number of oxazole rings is 1. The number of aromatic nitrogens is 2. The van der Waals surface area contributed by atoms with E-state index in [1.54, 1.807) is 0 Å². The van der Waals surface area contributed by atoms with Gasteiger partial charge < -0.3 is 9.73 Å². The number of hydrogen-bond donors (Lipinski definition) is 1. The van der Waals surface area contributed by atoms with E-state index in [0.717, 1.165) is 29.8 Å². The van der Waals surface area contributed by atoms with Crippen molar-refractivity contribution in [1.29, 1.82) is 0 Å². The molecule has 0 bridgehead atoms. The zero-order valence-electron chi connectivity index (χ0n) is 10.6. The third kappa shape index (κ3) is 1.68.